The summed E-state index contributed by atoms with van der Waals surface area (Å²) in [4.78, 5) is 44.5. The molecular weight excluding hydrogens is 496 g/mol. The number of rotatable bonds is 6. The first kappa shape index (κ1) is 24.8. The van der Waals surface area contributed by atoms with Gasteiger partial charge in [0.05, 0.1) is 18.8 Å². The second kappa shape index (κ2) is 9.23. The lowest BCUT2D eigenvalue weighted by molar-refractivity contribution is -0.118. The van der Waals surface area contributed by atoms with Crippen molar-refractivity contribution < 1.29 is 22.8 Å². The zero-order chi connectivity index (χ0) is 26.5. The number of nitrogens with zero attached hydrogens (tertiary/aromatic N) is 4. The first-order chi connectivity index (χ1) is 17.5. The number of fused-ring (bicyclic) bond motifs is 1. The van der Waals surface area contributed by atoms with Gasteiger partial charge in [0, 0.05) is 49.1 Å². The third kappa shape index (κ3) is 5.32. The molecule has 2 aliphatic carbocycles. The van der Waals surface area contributed by atoms with Gasteiger partial charge in [0.2, 0.25) is 26.8 Å². The molecule has 12 heteroatoms. The van der Waals surface area contributed by atoms with Crippen molar-refractivity contribution in [2.45, 2.75) is 37.4 Å². The number of benzene rings is 1. The van der Waals surface area contributed by atoms with E-state index < -0.39 is 9.84 Å². The Morgan fingerprint density at radius 2 is 1.59 bits per heavy atom. The van der Waals surface area contributed by atoms with Gasteiger partial charge in [-0.2, -0.15) is 4.98 Å². The minimum Gasteiger partial charge on any atom is -0.326 e. The Morgan fingerprint density at radius 1 is 1.03 bits per heavy atom. The fourth-order valence-corrected chi connectivity index (χ4v) is 5.06. The lowest BCUT2D eigenvalue weighted by Crippen LogP contribution is -2.45. The van der Waals surface area contributed by atoms with Crippen LogP contribution in [0.2, 0.25) is 0 Å². The SMILES string of the molecule is CN1Cc2c(nc(S(C)(=O)=O)n2C)N(CC#Cc2cc(NC(=O)C3CC3)cc(NC(=O)C3CC3)c2)C1=O. The van der Waals surface area contributed by atoms with E-state index in [1.165, 1.54) is 14.4 Å². The quantitative estimate of drug-likeness (QED) is 0.555. The number of aromatic nitrogens is 2. The third-order valence-corrected chi connectivity index (χ3v) is 7.55. The summed E-state index contributed by atoms with van der Waals surface area (Å²) in [7, 11) is -0.362. The second-order valence-electron chi connectivity index (χ2n) is 9.85. The van der Waals surface area contributed by atoms with Crippen molar-refractivity contribution >= 4 is 44.9 Å². The Hall–Kier alpha value is -3.85. The van der Waals surface area contributed by atoms with Crippen LogP contribution in [-0.2, 0) is 33.0 Å². The molecule has 0 spiro atoms. The predicted octanol–water partition coefficient (Wildman–Crippen LogP) is 1.94. The van der Waals surface area contributed by atoms with E-state index in [1.807, 2.05) is 0 Å². The molecule has 2 N–H and O–H groups in total. The van der Waals surface area contributed by atoms with Gasteiger partial charge in [0.25, 0.3) is 0 Å². The number of urea groups is 1. The van der Waals surface area contributed by atoms with Gasteiger partial charge in [-0.05, 0) is 43.9 Å². The molecule has 2 aromatic rings. The smallest absolute Gasteiger partial charge is 0.326 e. The summed E-state index contributed by atoms with van der Waals surface area (Å²) in [6, 6.07) is 4.81. The van der Waals surface area contributed by atoms with E-state index in [9.17, 15) is 22.8 Å². The van der Waals surface area contributed by atoms with E-state index in [0.717, 1.165) is 31.9 Å². The van der Waals surface area contributed by atoms with Crippen molar-refractivity contribution in [3.63, 3.8) is 0 Å². The Balaban J connectivity index is 1.42. The Morgan fingerprint density at radius 3 is 2.11 bits per heavy atom. The maximum Gasteiger partial charge on any atom is 0.326 e. The molecule has 3 aliphatic rings. The molecular formula is C25H28N6O5S. The minimum atomic E-state index is -3.59. The highest BCUT2D eigenvalue weighted by Crippen LogP contribution is 2.33. The highest BCUT2D eigenvalue weighted by molar-refractivity contribution is 7.90. The normalized spacial score (nSPS) is 17.1. The van der Waals surface area contributed by atoms with E-state index >= 15 is 0 Å². The largest absolute Gasteiger partial charge is 0.326 e. The number of amides is 4. The average molecular weight is 525 g/mol. The van der Waals surface area contributed by atoms with Crippen molar-refractivity contribution in [3.8, 4) is 11.8 Å². The van der Waals surface area contributed by atoms with Gasteiger partial charge in [-0.25, -0.2) is 13.2 Å². The van der Waals surface area contributed by atoms with Crippen molar-refractivity contribution in [2.24, 2.45) is 18.9 Å². The van der Waals surface area contributed by atoms with Crippen molar-refractivity contribution in [2.75, 3.05) is 35.4 Å². The van der Waals surface area contributed by atoms with Crippen LogP contribution in [0.15, 0.2) is 23.4 Å². The number of anilines is 3. The summed E-state index contributed by atoms with van der Waals surface area (Å²) >= 11 is 0. The van der Waals surface area contributed by atoms with Crippen LogP contribution in [0.5, 0.6) is 0 Å². The van der Waals surface area contributed by atoms with Crippen LogP contribution in [0.1, 0.15) is 36.9 Å². The van der Waals surface area contributed by atoms with Gasteiger partial charge in [-0.1, -0.05) is 11.8 Å². The van der Waals surface area contributed by atoms with Crippen LogP contribution in [0, 0.1) is 23.7 Å². The lowest BCUT2D eigenvalue weighted by atomic mass is 10.1. The molecule has 0 saturated heterocycles. The summed E-state index contributed by atoms with van der Waals surface area (Å²) in [5.41, 5.74) is 2.22. The maximum absolute atomic E-state index is 12.9. The third-order valence-electron chi connectivity index (χ3n) is 6.52. The highest BCUT2D eigenvalue weighted by Gasteiger charge is 2.34. The number of hydrogen-bond acceptors (Lipinski definition) is 6. The average Bonchev–Trinajstić information content (AvgIpc) is 3.73. The fraction of sp³-hybridized carbons (Fsp3) is 0.440. The highest BCUT2D eigenvalue weighted by atomic mass is 32.2. The first-order valence-corrected chi connectivity index (χ1v) is 13.9. The van der Waals surface area contributed by atoms with E-state index in [4.69, 9.17) is 0 Å². The molecule has 2 fully saturated rings. The summed E-state index contributed by atoms with van der Waals surface area (Å²) in [6.45, 7) is 0.197. The molecule has 2 heterocycles. The Labute approximate surface area is 215 Å². The molecule has 0 bridgehead atoms. The molecule has 37 heavy (non-hydrogen) atoms. The topological polar surface area (TPSA) is 134 Å². The van der Waals surface area contributed by atoms with Crippen molar-refractivity contribution in [1.82, 2.24) is 14.5 Å². The van der Waals surface area contributed by atoms with Crippen molar-refractivity contribution in [1.29, 1.82) is 0 Å². The van der Waals surface area contributed by atoms with Crippen molar-refractivity contribution in [3.05, 3.63) is 29.5 Å². The van der Waals surface area contributed by atoms with Gasteiger partial charge < -0.3 is 20.1 Å². The zero-order valence-corrected chi connectivity index (χ0v) is 21.7. The van der Waals surface area contributed by atoms with Crippen LogP contribution in [-0.4, -0.2) is 60.6 Å². The fourth-order valence-electron chi connectivity index (χ4n) is 4.20. The molecule has 0 atom stereocenters. The molecule has 4 amide bonds. The zero-order valence-electron chi connectivity index (χ0n) is 20.9. The van der Waals surface area contributed by atoms with Crippen LogP contribution >= 0.6 is 0 Å². The number of carbonyl (C=O) groups is 3. The monoisotopic (exact) mass is 524 g/mol. The minimum absolute atomic E-state index is 0.0192. The van der Waals surface area contributed by atoms with Crippen LogP contribution in [0.3, 0.4) is 0 Å². The van der Waals surface area contributed by atoms with Gasteiger partial charge in [-0.3, -0.25) is 14.5 Å². The Kier molecular flexibility index (Phi) is 6.19. The van der Waals surface area contributed by atoms with Gasteiger partial charge in [0.15, 0.2) is 5.82 Å². The summed E-state index contributed by atoms with van der Waals surface area (Å²) < 4.78 is 25.8. The lowest BCUT2D eigenvalue weighted by Gasteiger charge is -2.31. The standard InChI is InChI=1S/C25H28N6O5S/c1-29-14-20-21(28-24(30(20)2)37(3,35)36)31(25(29)34)10-4-5-15-11-18(26-22(32)16-6-7-16)13-19(12-15)27-23(33)17-8-9-17/h11-13,16-17H,6-10,14H2,1-3H3,(H,26,32)(H,27,33). The van der Waals surface area contributed by atoms with Crippen LogP contribution in [0.4, 0.5) is 22.0 Å². The van der Waals surface area contributed by atoms with E-state index in [2.05, 4.69) is 27.5 Å². The molecule has 5 rings (SSSR count). The van der Waals surface area contributed by atoms with Gasteiger partial charge in [0.1, 0.15) is 0 Å². The van der Waals surface area contributed by atoms with Gasteiger partial charge >= 0.3 is 6.03 Å². The van der Waals surface area contributed by atoms with Crippen LogP contribution < -0.4 is 15.5 Å². The number of nitrogens with one attached hydrogen (secondary N) is 2. The van der Waals surface area contributed by atoms with Crippen LogP contribution in [0.25, 0.3) is 0 Å². The first-order valence-electron chi connectivity index (χ1n) is 12.0. The summed E-state index contributed by atoms with van der Waals surface area (Å²) in [5.74, 6) is 6.16. The number of hydrogen-bond donors (Lipinski definition) is 2. The molecule has 1 aromatic carbocycles. The summed E-state index contributed by atoms with van der Waals surface area (Å²) in [5, 5.41) is 5.67. The van der Waals surface area contributed by atoms with E-state index in [-0.39, 0.29) is 53.7 Å². The maximum atomic E-state index is 12.9. The summed E-state index contributed by atoms with van der Waals surface area (Å²) in [6.07, 6.45) is 4.54. The van der Waals surface area contributed by atoms with E-state index in [0.29, 0.717) is 22.6 Å². The number of sulfone groups is 1. The molecule has 0 radical (unpaired) electrons. The second-order valence-corrected chi connectivity index (χ2v) is 11.8. The molecule has 2 saturated carbocycles. The molecule has 0 unspecified atom stereocenters. The predicted molar refractivity (Wildman–Crippen MR) is 137 cm³/mol. The number of imidazole rings is 1. The molecule has 1 aromatic heterocycles. The molecule has 11 nitrogen and oxygen atoms in total. The van der Waals surface area contributed by atoms with Gasteiger partial charge in [-0.15, -0.1) is 0 Å². The molecule has 194 valence electrons. The Bertz CT molecular complexity index is 1430. The molecule has 1 aliphatic heterocycles. The van der Waals surface area contributed by atoms with E-state index in [1.54, 1.807) is 32.3 Å². The number of carbonyl (C=O) groups excluding carboxylic acids is 3.